The topological polar surface area (TPSA) is 63.8 Å². The highest BCUT2D eigenvalue weighted by molar-refractivity contribution is 7.99. The van der Waals surface area contributed by atoms with Crippen LogP contribution in [-0.4, -0.2) is 32.7 Å². The van der Waals surface area contributed by atoms with Crippen LogP contribution in [-0.2, 0) is 0 Å². The summed E-state index contributed by atoms with van der Waals surface area (Å²) in [5, 5.41) is 11.6. The highest BCUT2D eigenvalue weighted by Crippen LogP contribution is 2.23. The predicted octanol–water partition coefficient (Wildman–Crippen LogP) is 2.28. The summed E-state index contributed by atoms with van der Waals surface area (Å²) in [7, 11) is 0. The maximum absolute atomic E-state index is 5.77. The Morgan fingerprint density at radius 1 is 1.39 bits per heavy atom. The fourth-order valence-corrected chi connectivity index (χ4v) is 1.87. The van der Waals surface area contributed by atoms with Gasteiger partial charge in [-0.25, -0.2) is 0 Å². The van der Waals surface area contributed by atoms with Crippen LogP contribution in [0.25, 0.3) is 0 Å². The molecule has 1 heterocycles. The number of anilines is 1. The van der Waals surface area contributed by atoms with Crippen molar-refractivity contribution in [3.8, 4) is 0 Å². The molecule has 6 heteroatoms. The Labute approximate surface area is 118 Å². The van der Waals surface area contributed by atoms with Gasteiger partial charge in [0.25, 0.3) is 0 Å². The summed E-state index contributed by atoms with van der Waals surface area (Å²) in [6.07, 6.45) is 2.09. The normalized spacial score (nSPS) is 11.4. The van der Waals surface area contributed by atoms with E-state index >= 15 is 0 Å². The molecule has 0 amide bonds. The molecule has 0 unspecified atom stereocenters. The highest BCUT2D eigenvalue weighted by Gasteiger charge is 2.19. The SMILES string of the molecule is CSC(C)(C)CNc1nnc(C)c(C)c1C(N)=S. The second-order valence-electron chi connectivity index (χ2n) is 4.82. The van der Waals surface area contributed by atoms with Crippen molar-refractivity contribution >= 4 is 34.8 Å². The van der Waals surface area contributed by atoms with Crippen molar-refractivity contribution in [2.24, 2.45) is 5.73 Å². The largest absolute Gasteiger partial charge is 0.389 e. The smallest absolute Gasteiger partial charge is 0.159 e. The summed E-state index contributed by atoms with van der Waals surface area (Å²) in [5.74, 6) is 0.674. The van der Waals surface area contributed by atoms with Crippen LogP contribution in [0.2, 0.25) is 0 Å². The minimum atomic E-state index is 0.119. The number of nitrogens with two attached hydrogens (primary N) is 1. The van der Waals surface area contributed by atoms with Gasteiger partial charge in [0.1, 0.15) is 4.99 Å². The van der Waals surface area contributed by atoms with Crippen LogP contribution in [0.1, 0.15) is 30.7 Å². The number of nitrogens with zero attached hydrogens (tertiary/aromatic N) is 2. The lowest BCUT2D eigenvalue weighted by atomic mass is 10.1. The van der Waals surface area contributed by atoms with Gasteiger partial charge in [0, 0.05) is 11.3 Å². The molecule has 0 aliphatic carbocycles. The van der Waals surface area contributed by atoms with Crippen molar-refractivity contribution in [2.75, 3.05) is 18.1 Å². The Hall–Kier alpha value is -0.880. The quantitative estimate of drug-likeness (QED) is 0.809. The minimum absolute atomic E-state index is 0.119. The van der Waals surface area contributed by atoms with E-state index < -0.39 is 0 Å². The monoisotopic (exact) mass is 284 g/mol. The molecule has 1 rings (SSSR count). The Kier molecular flexibility index (Phi) is 4.92. The van der Waals surface area contributed by atoms with Gasteiger partial charge >= 0.3 is 0 Å². The summed E-state index contributed by atoms with van der Waals surface area (Å²) < 4.78 is 0.119. The molecule has 0 fully saturated rings. The molecule has 1 aromatic heterocycles. The molecule has 18 heavy (non-hydrogen) atoms. The fraction of sp³-hybridized carbons (Fsp3) is 0.583. The van der Waals surface area contributed by atoms with Gasteiger partial charge in [-0.3, -0.25) is 0 Å². The Bertz CT molecular complexity index is 458. The average molecular weight is 284 g/mol. The van der Waals surface area contributed by atoms with Crippen molar-refractivity contribution in [3.63, 3.8) is 0 Å². The molecule has 1 aromatic rings. The first-order valence-electron chi connectivity index (χ1n) is 5.71. The van der Waals surface area contributed by atoms with Gasteiger partial charge in [0.05, 0.1) is 11.3 Å². The lowest BCUT2D eigenvalue weighted by Gasteiger charge is -2.23. The highest BCUT2D eigenvalue weighted by atomic mass is 32.2. The van der Waals surface area contributed by atoms with E-state index in [-0.39, 0.29) is 4.75 Å². The molecule has 0 saturated carbocycles. The van der Waals surface area contributed by atoms with Crippen LogP contribution in [0, 0.1) is 13.8 Å². The molecule has 100 valence electrons. The van der Waals surface area contributed by atoms with E-state index in [0.29, 0.717) is 10.8 Å². The molecule has 0 radical (unpaired) electrons. The Morgan fingerprint density at radius 2 is 2.00 bits per heavy atom. The second-order valence-corrected chi connectivity index (χ2v) is 6.77. The number of nitrogens with one attached hydrogen (secondary N) is 1. The zero-order chi connectivity index (χ0) is 13.9. The minimum Gasteiger partial charge on any atom is -0.389 e. The van der Waals surface area contributed by atoms with Crippen LogP contribution in [0.5, 0.6) is 0 Å². The van der Waals surface area contributed by atoms with Crippen molar-refractivity contribution in [1.82, 2.24) is 10.2 Å². The zero-order valence-corrected chi connectivity index (χ0v) is 13.1. The van der Waals surface area contributed by atoms with Crippen LogP contribution in [0.4, 0.5) is 5.82 Å². The lowest BCUT2D eigenvalue weighted by Crippen LogP contribution is -2.28. The molecule has 0 saturated heterocycles. The molecule has 0 aliphatic heterocycles. The van der Waals surface area contributed by atoms with Crippen LogP contribution in [0.15, 0.2) is 0 Å². The number of thioether (sulfide) groups is 1. The third-order valence-corrected chi connectivity index (χ3v) is 4.39. The van der Waals surface area contributed by atoms with E-state index in [4.69, 9.17) is 18.0 Å². The number of rotatable bonds is 5. The first-order valence-corrected chi connectivity index (χ1v) is 7.34. The second kappa shape index (κ2) is 5.84. The molecule has 0 atom stereocenters. The number of hydrogen-bond donors (Lipinski definition) is 2. The van der Waals surface area contributed by atoms with Crippen molar-refractivity contribution in [1.29, 1.82) is 0 Å². The standard InChI is InChI=1S/C12H20N4S2/c1-7-8(2)15-16-11(9(7)10(13)17)14-6-12(3,4)18-5/h6H2,1-5H3,(H2,13,17)(H,14,16). The van der Waals surface area contributed by atoms with Crippen LogP contribution < -0.4 is 11.1 Å². The van der Waals surface area contributed by atoms with Crippen molar-refractivity contribution in [2.45, 2.75) is 32.4 Å². The van der Waals surface area contributed by atoms with E-state index in [1.807, 2.05) is 13.8 Å². The van der Waals surface area contributed by atoms with E-state index in [1.165, 1.54) is 0 Å². The predicted molar refractivity (Wildman–Crippen MR) is 83.5 cm³/mol. The van der Waals surface area contributed by atoms with Gasteiger partial charge < -0.3 is 11.1 Å². The van der Waals surface area contributed by atoms with Gasteiger partial charge in [-0.2, -0.15) is 16.9 Å². The van der Waals surface area contributed by atoms with E-state index in [2.05, 4.69) is 35.6 Å². The first kappa shape index (κ1) is 15.2. The summed E-state index contributed by atoms with van der Waals surface area (Å²) >= 11 is 6.89. The summed E-state index contributed by atoms with van der Waals surface area (Å²) in [6, 6.07) is 0. The number of hydrogen-bond acceptors (Lipinski definition) is 5. The van der Waals surface area contributed by atoms with E-state index in [1.54, 1.807) is 11.8 Å². The summed E-state index contributed by atoms with van der Waals surface area (Å²) in [6.45, 7) is 8.98. The molecule has 0 aliphatic rings. The van der Waals surface area contributed by atoms with Gasteiger partial charge in [0.15, 0.2) is 5.82 Å². The van der Waals surface area contributed by atoms with Crippen molar-refractivity contribution < 1.29 is 0 Å². The lowest BCUT2D eigenvalue weighted by molar-refractivity contribution is 0.746. The first-order chi connectivity index (χ1) is 8.28. The molecule has 0 spiro atoms. The summed E-state index contributed by atoms with van der Waals surface area (Å²) in [4.78, 5) is 0.356. The maximum Gasteiger partial charge on any atom is 0.159 e. The van der Waals surface area contributed by atoms with Gasteiger partial charge in [-0.1, -0.05) is 12.2 Å². The Morgan fingerprint density at radius 3 is 2.50 bits per heavy atom. The summed E-state index contributed by atoms with van der Waals surface area (Å²) in [5.41, 5.74) is 8.42. The fourth-order valence-electron chi connectivity index (χ4n) is 1.40. The molecular weight excluding hydrogens is 264 g/mol. The van der Waals surface area contributed by atoms with Gasteiger partial charge in [-0.05, 0) is 39.5 Å². The molecule has 3 N–H and O–H groups in total. The molecule has 0 bridgehead atoms. The number of thiocarbonyl (C=S) groups is 1. The number of aromatic nitrogens is 2. The van der Waals surface area contributed by atoms with Crippen molar-refractivity contribution in [3.05, 3.63) is 16.8 Å². The average Bonchev–Trinajstić information content (AvgIpc) is 2.30. The van der Waals surface area contributed by atoms with E-state index in [9.17, 15) is 0 Å². The van der Waals surface area contributed by atoms with Crippen LogP contribution >= 0.6 is 24.0 Å². The third-order valence-electron chi connectivity index (χ3n) is 2.94. The van der Waals surface area contributed by atoms with E-state index in [0.717, 1.165) is 23.4 Å². The molecule has 0 aromatic carbocycles. The Balaban J connectivity index is 3.03. The molecule has 4 nitrogen and oxygen atoms in total. The third kappa shape index (κ3) is 3.55. The van der Waals surface area contributed by atoms with Crippen LogP contribution in [0.3, 0.4) is 0 Å². The maximum atomic E-state index is 5.77. The zero-order valence-electron chi connectivity index (χ0n) is 11.5. The van der Waals surface area contributed by atoms with Gasteiger partial charge in [-0.15, -0.1) is 5.10 Å². The van der Waals surface area contributed by atoms with Gasteiger partial charge in [0.2, 0.25) is 0 Å². The molecular formula is C12H20N4S2. The number of aryl methyl sites for hydroxylation is 1.